The zero-order valence-corrected chi connectivity index (χ0v) is 13.9. The van der Waals surface area contributed by atoms with E-state index in [1.165, 1.54) is 0 Å². The van der Waals surface area contributed by atoms with Crippen molar-refractivity contribution < 1.29 is 8.42 Å². The molecule has 116 valence electrons. The lowest BCUT2D eigenvalue weighted by atomic mass is 10.1. The summed E-state index contributed by atoms with van der Waals surface area (Å²) in [6.45, 7) is 0. The Bertz CT molecular complexity index is 884. The van der Waals surface area contributed by atoms with Crippen molar-refractivity contribution in [3.63, 3.8) is 0 Å². The van der Waals surface area contributed by atoms with E-state index in [2.05, 4.69) is 0 Å². The Kier molecular flexibility index (Phi) is 4.51. The summed E-state index contributed by atoms with van der Waals surface area (Å²) >= 11 is 5.88. The minimum atomic E-state index is -3.45. The molecule has 0 atom stereocenters. The smallest absolute Gasteiger partial charge is 0.206 e. The second-order valence-corrected chi connectivity index (χ2v) is 7.65. The topological polar surface area (TPSA) is 34.1 Å². The van der Waals surface area contributed by atoms with Gasteiger partial charge in [0.2, 0.25) is 9.84 Å². The Morgan fingerprint density at radius 2 is 1.13 bits per heavy atom. The number of halogens is 1. The Labute approximate surface area is 141 Å². The van der Waals surface area contributed by atoms with Crippen molar-refractivity contribution >= 4 is 21.4 Å². The van der Waals surface area contributed by atoms with Gasteiger partial charge < -0.3 is 0 Å². The van der Waals surface area contributed by atoms with Gasteiger partial charge in [0.25, 0.3) is 0 Å². The monoisotopic (exact) mass is 342 g/mol. The molecular formula is C19H15ClO2S. The second-order valence-electron chi connectivity index (χ2n) is 5.26. The van der Waals surface area contributed by atoms with Crippen LogP contribution < -0.4 is 0 Å². The van der Waals surface area contributed by atoms with Gasteiger partial charge in [0.05, 0.1) is 9.79 Å². The highest BCUT2D eigenvalue weighted by Gasteiger charge is 2.16. The average molecular weight is 343 g/mol. The van der Waals surface area contributed by atoms with Crippen LogP contribution in [0.4, 0.5) is 0 Å². The van der Waals surface area contributed by atoms with E-state index in [0.717, 1.165) is 17.5 Å². The fourth-order valence-electron chi connectivity index (χ4n) is 2.36. The first-order chi connectivity index (χ1) is 11.1. The Hall–Kier alpha value is -2.10. The third-order valence-electron chi connectivity index (χ3n) is 3.61. The summed E-state index contributed by atoms with van der Waals surface area (Å²) < 4.78 is 25.1. The molecule has 0 amide bonds. The van der Waals surface area contributed by atoms with Crippen molar-refractivity contribution in [2.75, 3.05) is 0 Å². The van der Waals surface area contributed by atoms with E-state index >= 15 is 0 Å². The molecule has 0 saturated carbocycles. The molecule has 3 aromatic carbocycles. The maximum absolute atomic E-state index is 12.5. The van der Waals surface area contributed by atoms with Gasteiger partial charge in [0.1, 0.15) is 0 Å². The molecule has 0 N–H and O–H groups in total. The Balaban J connectivity index is 1.83. The number of rotatable bonds is 4. The fraction of sp³-hybridized carbons (Fsp3) is 0.0526. The lowest BCUT2D eigenvalue weighted by molar-refractivity contribution is 0.596. The molecule has 3 aromatic rings. The molecule has 3 rings (SSSR count). The first kappa shape index (κ1) is 15.8. The molecule has 0 aliphatic heterocycles. The molecule has 0 aromatic heterocycles. The SMILES string of the molecule is O=S(=O)(c1ccccc1)c1ccc(Cc2ccc(Cl)cc2)cc1. The molecule has 0 aliphatic carbocycles. The van der Waals surface area contributed by atoms with E-state index in [-0.39, 0.29) is 0 Å². The summed E-state index contributed by atoms with van der Waals surface area (Å²) in [5.41, 5.74) is 2.19. The summed E-state index contributed by atoms with van der Waals surface area (Å²) in [6.07, 6.45) is 0.739. The molecule has 0 bridgehead atoms. The normalized spacial score (nSPS) is 11.3. The van der Waals surface area contributed by atoms with Gasteiger partial charge >= 0.3 is 0 Å². The van der Waals surface area contributed by atoms with Gasteiger partial charge in [-0.05, 0) is 53.9 Å². The van der Waals surface area contributed by atoms with E-state index in [9.17, 15) is 8.42 Å². The molecule has 0 saturated heterocycles. The van der Waals surface area contributed by atoms with Crippen molar-refractivity contribution in [3.05, 3.63) is 95.0 Å². The van der Waals surface area contributed by atoms with Crippen molar-refractivity contribution in [3.8, 4) is 0 Å². The van der Waals surface area contributed by atoms with Crippen LogP contribution in [0, 0.1) is 0 Å². The third kappa shape index (κ3) is 3.63. The van der Waals surface area contributed by atoms with Crippen LogP contribution >= 0.6 is 11.6 Å². The summed E-state index contributed by atoms with van der Waals surface area (Å²) in [4.78, 5) is 0.619. The number of hydrogen-bond donors (Lipinski definition) is 0. The fourth-order valence-corrected chi connectivity index (χ4v) is 3.77. The van der Waals surface area contributed by atoms with Crippen LogP contribution in [0.2, 0.25) is 5.02 Å². The first-order valence-corrected chi connectivity index (χ1v) is 9.05. The lowest BCUT2D eigenvalue weighted by Gasteiger charge is -2.06. The summed E-state index contributed by atoms with van der Waals surface area (Å²) in [7, 11) is -3.45. The predicted octanol–water partition coefficient (Wildman–Crippen LogP) is 4.76. The average Bonchev–Trinajstić information content (AvgIpc) is 2.58. The molecule has 0 spiro atoms. The molecule has 0 aliphatic rings. The summed E-state index contributed by atoms with van der Waals surface area (Å²) in [6, 6.07) is 23.1. The van der Waals surface area contributed by atoms with Gasteiger partial charge in [0.15, 0.2) is 0 Å². The minimum Gasteiger partial charge on any atom is -0.219 e. The molecule has 0 heterocycles. The highest BCUT2D eigenvalue weighted by molar-refractivity contribution is 7.91. The first-order valence-electron chi connectivity index (χ1n) is 7.19. The maximum atomic E-state index is 12.5. The van der Waals surface area contributed by atoms with Crippen LogP contribution in [-0.2, 0) is 16.3 Å². The standard InChI is InChI=1S/C19H15ClO2S/c20-17-10-6-15(7-11-17)14-16-8-12-19(13-9-16)23(21,22)18-4-2-1-3-5-18/h1-13H,14H2. The van der Waals surface area contributed by atoms with Gasteiger partial charge in [-0.1, -0.05) is 54.1 Å². The van der Waals surface area contributed by atoms with Crippen molar-refractivity contribution in [1.29, 1.82) is 0 Å². The quantitative estimate of drug-likeness (QED) is 0.684. The van der Waals surface area contributed by atoms with Crippen LogP contribution in [0.5, 0.6) is 0 Å². The molecular weight excluding hydrogens is 328 g/mol. The molecule has 2 nitrogen and oxygen atoms in total. The largest absolute Gasteiger partial charge is 0.219 e. The van der Waals surface area contributed by atoms with E-state index in [1.807, 2.05) is 36.4 Å². The zero-order chi connectivity index (χ0) is 16.3. The molecule has 4 heteroatoms. The summed E-state index contributed by atoms with van der Waals surface area (Å²) in [5, 5.41) is 0.707. The van der Waals surface area contributed by atoms with Crippen molar-refractivity contribution in [2.24, 2.45) is 0 Å². The number of sulfone groups is 1. The van der Waals surface area contributed by atoms with Crippen molar-refractivity contribution in [2.45, 2.75) is 16.2 Å². The second kappa shape index (κ2) is 6.57. The van der Waals surface area contributed by atoms with Gasteiger partial charge in [0, 0.05) is 5.02 Å². The van der Waals surface area contributed by atoms with Crippen LogP contribution in [0.1, 0.15) is 11.1 Å². The van der Waals surface area contributed by atoms with Crippen LogP contribution in [0.15, 0.2) is 88.7 Å². The molecule has 0 radical (unpaired) electrons. The molecule has 23 heavy (non-hydrogen) atoms. The van der Waals surface area contributed by atoms with Crippen LogP contribution in [0.25, 0.3) is 0 Å². The number of hydrogen-bond acceptors (Lipinski definition) is 2. The van der Waals surface area contributed by atoms with E-state index in [1.54, 1.807) is 42.5 Å². The minimum absolute atomic E-state index is 0.309. The van der Waals surface area contributed by atoms with Gasteiger partial charge in [-0.25, -0.2) is 8.42 Å². The van der Waals surface area contributed by atoms with Gasteiger partial charge in [-0.3, -0.25) is 0 Å². The van der Waals surface area contributed by atoms with Crippen LogP contribution in [-0.4, -0.2) is 8.42 Å². The highest BCUT2D eigenvalue weighted by atomic mass is 35.5. The molecule has 0 fully saturated rings. The maximum Gasteiger partial charge on any atom is 0.206 e. The molecule has 0 unspecified atom stereocenters. The Morgan fingerprint density at radius 3 is 1.70 bits per heavy atom. The van der Waals surface area contributed by atoms with E-state index in [4.69, 9.17) is 11.6 Å². The van der Waals surface area contributed by atoms with E-state index in [0.29, 0.717) is 14.8 Å². The predicted molar refractivity (Wildman–Crippen MR) is 92.6 cm³/mol. The summed E-state index contributed by atoms with van der Waals surface area (Å²) in [5.74, 6) is 0. The van der Waals surface area contributed by atoms with Gasteiger partial charge in [-0.2, -0.15) is 0 Å². The highest BCUT2D eigenvalue weighted by Crippen LogP contribution is 2.22. The lowest BCUT2D eigenvalue weighted by Crippen LogP contribution is -2.01. The zero-order valence-electron chi connectivity index (χ0n) is 12.3. The Morgan fingerprint density at radius 1 is 0.652 bits per heavy atom. The van der Waals surface area contributed by atoms with Crippen molar-refractivity contribution in [1.82, 2.24) is 0 Å². The van der Waals surface area contributed by atoms with Crippen LogP contribution in [0.3, 0.4) is 0 Å². The number of benzene rings is 3. The third-order valence-corrected chi connectivity index (χ3v) is 5.65. The van der Waals surface area contributed by atoms with Gasteiger partial charge in [-0.15, -0.1) is 0 Å². The van der Waals surface area contributed by atoms with E-state index < -0.39 is 9.84 Å².